The van der Waals surface area contributed by atoms with Gasteiger partial charge in [-0.1, -0.05) is 53.0 Å². The number of ether oxygens (including phenoxy) is 1. The van der Waals surface area contributed by atoms with Crippen molar-refractivity contribution in [2.45, 2.75) is 12.5 Å². The molecule has 0 radical (unpaired) electrons. The van der Waals surface area contributed by atoms with Crippen molar-refractivity contribution < 1.29 is 9.53 Å². The molecule has 4 aromatic rings. The van der Waals surface area contributed by atoms with E-state index in [0.29, 0.717) is 34.1 Å². The van der Waals surface area contributed by atoms with Crippen LogP contribution in [0.25, 0.3) is 22.2 Å². The van der Waals surface area contributed by atoms with Crippen molar-refractivity contribution in [1.82, 2.24) is 15.3 Å². The highest BCUT2D eigenvalue weighted by Gasteiger charge is 2.25. The summed E-state index contributed by atoms with van der Waals surface area (Å²) in [4.78, 5) is 22.0. The van der Waals surface area contributed by atoms with Gasteiger partial charge in [-0.25, -0.2) is 0 Å². The number of fused-ring (bicyclic) bond motifs is 2. The van der Waals surface area contributed by atoms with Crippen LogP contribution in [0.15, 0.2) is 60.9 Å². The zero-order valence-corrected chi connectivity index (χ0v) is 18.9. The number of hydrogen-bond donors (Lipinski definition) is 1. The summed E-state index contributed by atoms with van der Waals surface area (Å²) < 4.78 is 5.68. The van der Waals surface area contributed by atoms with Gasteiger partial charge in [0.1, 0.15) is 11.3 Å². The molecule has 1 amide bonds. The Hall–Kier alpha value is -2.86. The van der Waals surface area contributed by atoms with Crippen LogP contribution in [0, 0.1) is 0 Å². The number of hydrogen-bond acceptors (Lipinski definition) is 4. The number of carbonyl (C=O) groups excluding carboxylic acids is 1. The van der Waals surface area contributed by atoms with Gasteiger partial charge in [0.2, 0.25) is 0 Å². The minimum absolute atomic E-state index is 0.174. The zero-order chi connectivity index (χ0) is 22.2. The molecule has 5 nitrogen and oxygen atoms in total. The van der Waals surface area contributed by atoms with Crippen LogP contribution in [-0.2, 0) is 0 Å². The third-order valence-corrected chi connectivity index (χ3v) is 6.19. The number of pyridine rings is 2. The molecule has 1 aliphatic heterocycles. The van der Waals surface area contributed by atoms with Crippen LogP contribution in [0.4, 0.5) is 0 Å². The first-order chi connectivity index (χ1) is 15.5. The molecule has 3 heterocycles. The molecule has 0 aliphatic carbocycles. The van der Waals surface area contributed by atoms with E-state index in [2.05, 4.69) is 15.3 Å². The Morgan fingerprint density at radius 1 is 1.00 bits per heavy atom. The van der Waals surface area contributed by atoms with Crippen LogP contribution in [-0.4, -0.2) is 22.5 Å². The maximum absolute atomic E-state index is 13.1. The molecule has 1 atom stereocenters. The second kappa shape index (κ2) is 8.58. The molecular formula is C24H16Cl3N3O2. The number of amides is 1. The molecule has 2 aromatic carbocycles. The first-order valence-electron chi connectivity index (χ1n) is 9.93. The average Bonchev–Trinajstić information content (AvgIpc) is 2.78. The van der Waals surface area contributed by atoms with Gasteiger partial charge in [0, 0.05) is 40.0 Å². The Balaban J connectivity index is 1.51. The van der Waals surface area contributed by atoms with E-state index in [9.17, 15) is 4.79 Å². The van der Waals surface area contributed by atoms with Gasteiger partial charge < -0.3 is 10.1 Å². The smallest absolute Gasteiger partial charge is 0.254 e. The Kier molecular flexibility index (Phi) is 5.64. The lowest BCUT2D eigenvalue weighted by Crippen LogP contribution is -2.32. The fourth-order valence-corrected chi connectivity index (χ4v) is 4.69. The lowest BCUT2D eigenvalue weighted by atomic mass is 10.00. The predicted molar refractivity (Wildman–Crippen MR) is 127 cm³/mol. The lowest BCUT2D eigenvalue weighted by Gasteiger charge is -2.26. The van der Waals surface area contributed by atoms with Crippen LogP contribution >= 0.6 is 34.8 Å². The minimum Gasteiger partial charge on any atom is -0.493 e. The van der Waals surface area contributed by atoms with Crippen molar-refractivity contribution in [3.05, 3.63) is 87.1 Å². The van der Waals surface area contributed by atoms with Gasteiger partial charge in [0.05, 0.1) is 28.8 Å². The number of para-hydroxylation sites is 1. The number of halogens is 3. The van der Waals surface area contributed by atoms with E-state index in [1.54, 1.807) is 24.4 Å². The van der Waals surface area contributed by atoms with Gasteiger partial charge in [0.15, 0.2) is 0 Å². The Morgan fingerprint density at radius 3 is 2.59 bits per heavy atom. The Labute approximate surface area is 199 Å². The predicted octanol–water partition coefficient (Wildman–Crippen LogP) is 6.51. The van der Waals surface area contributed by atoms with Crippen molar-refractivity contribution in [2.24, 2.45) is 0 Å². The SMILES string of the molecule is O=C(N[C@H]1CCOc2ccccc21)c1cnc2c(-c3cc(Cl)cc(Cl)c3)ccnc2c1Cl. The second-order valence-electron chi connectivity index (χ2n) is 7.40. The van der Waals surface area contributed by atoms with Crippen LogP contribution in [0.2, 0.25) is 15.1 Å². The number of nitrogens with one attached hydrogen (secondary N) is 1. The summed E-state index contributed by atoms with van der Waals surface area (Å²) in [5, 5.41) is 4.31. The lowest BCUT2D eigenvalue weighted by molar-refractivity contribution is 0.0924. The summed E-state index contributed by atoms with van der Waals surface area (Å²) in [6, 6.07) is 14.6. The summed E-state index contributed by atoms with van der Waals surface area (Å²) in [6.07, 6.45) is 3.76. The van der Waals surface area contributed by atoms with Crippen LogP contribution in [0.1, 0.15) is 28.4 Å². The fourth-order valence-electron chi connectivity index (χ4n) is 3.89. The van der Waals surface area contributed by atoms with Gasteiger partial charge in [-0.05, 0) is 35.9 Å². The molecule has 1 N–H and O–H groups in total. The number of benzene rings is 2. The summed E-state index contributed by atoms with van der Waals surface area (Å²) in [6.45, 7) is 0.527. The highest BCUT2D eigenvalue weighted by atomic mass is 35.5. The maximum atomic E-state index is 13.1. The molecule has 0 saturated carbocycles. The van der Waals surface area contributed by atoms with Gasteiger partial charge >= 0.3 is 0 Å². The largest absolute Gasteiger partial charge is 0.493 e. The Morgan fingerprint density at radius 2 is 1.78 bits per heavy atom. The van der Waals surface area contributed by atoms with Gasteiger partial charge in [-0.3, -0.25) is 14.8 Å². The molecule has 2 aromatic heterocycles. The zero-order valence-electron chi connectivity index (χ0n) is 16.6. The third-order valence-electron chi connectivity index (χ3n) is 5.37. The first kappa shape index (κ1) is 21.0. The molecule has 8 heteroatoms. The molecule has 0 bridgehead atoms. The number of aromatic nitrogens is 2. The quantitative estimate of drug-likeness (QED) is 0.360. The van der Waals surface area contributed by atoms with E-state index in [0.717, 1.165) is 22.4 Å². The van der Waals surface area contributed by atoms with E-state index in [1.165, 1.54) is 6.20 Å². The van der Waals surface area contributed by atoms with Crippen molar-refractivity contribution in [3.63, 3.8) is 0 Å². The second-order valence-corrected chi connectivity index (χ2v) is 8.65. The molecule has 0 saturated heterocycles. The molecule has 32 heavy (non-hydrogen) atoms. The standard InChI is InChI=1S/C24H16Cl3N3O2/c25-14-9-13(10-15(26)11-14)16-5-7-28-23-21(27)18(12-29-22(16)23)24(31)30-19-6-8-32-20-4-2-1-3-17(19)20/h1-5,7,9-12,19H,6,8H2,(H,30,31)/t19-/m0/s1. The average molecular weight is 485 g/mol. The van der Waals surface area contributed by atoms with E-state index in [4.69, 9.17) is 39.5 Å². The van der Waals surface area contributed by atoms with Gasteiger partial charge in [-0.2, -0.15) is 0 Å². The maximum Gasteiger partial charge on any atom is 0.254 e. The molecular weight excluding hydrogens is 469 g/mol. The highest BCUT2D eigenvalue weighted by molar-refractivity contribution is 6.38. The van der Waals surface area contributed by atoms with E-state index in [1.807, 2.05) is 30.3 Å². The number of carbonyl (C=O) groups is 1. The summed E-state index contributed by atoms with van der Waals surface area (Å²) >= 11 is 19.0. The fraction of sp³-hybridized carbons (Fsp3) is 0.125. The topological polar surface area (TPSA) is 64.1 Å². The van der Waals surface area contributed by atoms with Crippen LogP contribution < -0.4 is 10.1 Å². The normalized spacial score (nSPS) is 15.2. The molecule has 1 aliphatic rings. The molecule has 0 fully saturated rings. The summed E-state index contributed by atoms with van der Waals surface area (Å²) in [5.41, 5.74) is 3.75. The molecule has 5 rings (SSSR count). The number of nitrogens with zero attached hydrogens (tertiary/aromatic N) is 2. The minimum atomic E-state index is -0.316. The first-order valence-corrected chi connectivity index (χ1v) is 11.1. The summed E-state index contributed by atoms with van der Waals surface area (Å²) in [7, 11) is 0. The van der Waals surface area contributed by atoms with Crippen LogP contribution in [0.3, 0.4) is 0 Å². The van der Waals surface area contributed by atoms with Crippen molar-refractivity contribution in [3.8, 4) is 16.9 Å². The molecule has 0 unspecified atom stereocenters. The molecule has 160 valence electrons. The van der Waals surface area contributed by atoms with E-state index in [-0.39, 0.29) is 22.5 Å². The van der Waals surface area contributed by atoms with E-state index < -0.39 is 0 Å². The van der Waals surface area contributed by atoms with E-state index >= 15 is 0 Å². The highest BCUT2D eigenvalue weighted by Crippen LogP contribution is 2.35. The van der Waals surface area contributed by atoms with Crippen LogP contribution in [0.5, 0.6) is 5.75 Å². The Bertz CT molecular complexity index is 1340. The van der Waals surface area contributed by atoms with Gasteiger partial charge in [-0.15, -0.1) is 0 Å². The van der Waals surface area contributed by atoms with Crippen molar-refractivity contribution in [2.75, 3.05) is 6.61 Å². The van der Waals surface area contributed by atoms with Gasteiger partial charge in [0.25, 0.3) is 5.91 Å². The van der Waals surface area contributed by atoms with Crippen molar-refractivity contribution in [1.29, 1.82) is 0 Å². The number of rotatable bonds is 3. The third kappa shape index (κ3) is 3.88. The van der Waals surface area contributed by atoms with Crippen molar-refractivity contribution >= 4 is 51.7 Å². The monoisotopic (exact) mass is 483 g/mol. The summed E-state index contributed by atoms with van der Waals surface area (Å²) in [5.74, 6) is 0.461. The molecule has 0 spiro atoms.